The van der Waals surface area contributed by atoms with Gasteiger partial charge in [0.25, 0.3) is 0 Å². The summed E-state index contributed by atoms with van der Waals surface area (Å²) in [4.78, 5) is 10.8. The molecule has 3 rings (SSSR count). The summed E-state index contributed by atoms with van der Waals surface area (Å²) < 4.78 is 1.96. The van der Waals surface area contributed by atoms with Crippen LogP contribution in [0.25, 0.3) is 10.7 Å². The third-order valence-corrected chi connectivity index (χ3v) is 5.53. The molecule has 1 aliphatic rings. The fourth-order valence-corrected chi connectivity index (χ4v) is 4.65. The van der Waals surface area contributed by atoms with Crippen LogP contribution in [-0.2, 0) is 6.54 Å². The van der Waals surface area contributed by atoms with Gasteiger partial charge in [0, 0.05) is 32.5 Å². The molecule has 3 nitrogen and oxygen atoms in total. The highest BCUT2D eigenvalue weighted by Crippen LogP contribution is 2.44. The smallest absolute Gasteiger partial charge is 0.143 e. The molecule has 112 valence electrons. The van der Waals surface area contributed by atoms with Crippen LogP contribution in [0.3, 0.4) is 0 Å². The first kappa shape index (κ1) is 15.6. The molecule has 6 heteroatoms. The van der Waals surface area contributed by atoms with Crippen molar-refractivity contribution >= 4 is 43.2 Å². The number of hydrogen-bond acceptors (Lipinski definition) is 4. The van der Waals surface area contributed by atoms with Crippen molar-refractivity contribution in [2.75, 3.05) is 6.54 Å². The lowest BCUT2D eigenvalue weighted by atomic mass is 10.2. The van der Waals surface area contributed by atoms with Crippen LogP contribution in [0.4, 0.5) is 0 Å². The van der Waals surface area contributed by atoms with Crippen LogP contribution in [0.1, 0.15) is 42.7 Å². The fraction of sp³-hybridized carbons (Fsp3) is 0.467. The van der Waals surface area contributed by atoms with E-state index >= 15 is 0 Å². The van der Waals surface area contributed by atoms with Crippen LogP contribution in [0, 0.1) is 0 Å². The number of nitrogens with one attached hydrogen (secondary N) is 1. The summed E-state index contributed by atoms with van der Waals surface area (Å²) in [5.74, 6) is 0.669. The first-order chi connectivity index (χ1) is 10.2. The van der Waals surface area contributed by atoms with Crippen molar-refractivity contribution in [3.05, 3.63) is 31.8 Å². The van der Waals surface area contributed by atoms with Gasteiger partial charge in [-0.3, -0.25) is 4.98 Å². The Morgan fingerprint density at radius 1 is 1.38 bits per heavy atom. The zero-order valence-corrected chi connectivity index (χ0v) is 15.8. The monoisotopic (exact) mass is 429 g/mol. The molecule has 2 heterocycles. The molecule has 0 saturated heterocycles. The molecule has 2 aromatic rings. The van der Waals surface area contributed by atoms with Gasteiger partial charge in [-0.05, 0) is 63.7 Å². The highest BCUT2D eigenvalue weighted by Gasteiger charge is 2.30. The van der Waals surface area contributed by atoms with E-state index in [1.54, 1.807) is 11.3 Å². The second kappa shape index (κ2) is 6.86. The van der Waals surface area contributed by atoms with E-state index in [0.29, 0.717) is 5.92 Å². The molecule has 0 amide bonds. The molecule has 2 aromatic heterocycles. The number of hydrogen-bond donors (Lipinski definition) is 1. The van der Waals surface area contributed by atoms with E-state index in [1.807, 2.05) is 12.3 Å². The minimum Gasteiger partial charge on any atom is -0.312 e. The minimum atomic E-state index is 0.669. The van der Waals surface area contributed by atoms with E-state index in [4.69, 9.17) is 4.98 Å². The van der Waals surface area contributed by atoms with Gasteiger partial charge in [-0.15, -0.1) is 11.3 Å². The van der Waals surface area contributed by atoms with E-state index < -0.39 is 0 Å². The van der Waals surface area contributed by atoms with E-state index in [2.05, 4.69) is 49.1 Å². The first-order valence-electron chi connectivity index (χ1n) is 7.20. The van der Waals surface area contributed by atoms with Crippen molar-refractivity contribution in [1.82, 2.24) is 15.3 Å². The predicted molar refractivity (Wildman–Crippen MR) is 94.7 cm³/mol. The van der Waals surface area contributed by atoms with E-state index in [9.17, 15) is 0 Å². The maximum Gasteiger partial charge on any atom is 0.143 e. The van der Waals surface area contributed by atoms with E-state index in [1.165, 1.54) is 23.4 Å². The number of thiazole rings is 1. The first-order valence-corrected chi connectivity index (χ1v) is 9.61. The highest BCUT2D eigenvalue weighted by molar-refractivity contribution is 9.11. The number of rotatable bonds is 6. The van der Waals surface area contributed by atoms with Crippen molar-refractivity contribution in [2.24, 2.45) is 0 Å². The average Bonchev–Trinajstić information content (AvgIpc) is 3.21. The molecule has 1 fully saturated rings. The molecular formula is C15H17Br2N3S. The third-order valence-electron chi connectivity index (χ3n) is 3.41. The van der Waals surface area contributed by atoms with Crippen molar-refractivity contribution in [3.63, 3.8) is 0 Å². The van der Waals surface area contributed by atoms with E-state index in [-0.39, 0.29) is 0 Å². The second-order valence-corrected chi connectivity index (χ2v) is 8.12. The molecule has 0 unspecified atom stereocenters. The van der Waals surface area contributed by atoms with Gasteiger partial charge in [-0.1, -0.05) is 6.92 Å². The van der Waals surface area contributed by atoms with Gasteiger partial charge in [0.15, 0.2) is 0 Å². The normalized spacial score (nSPS) is 14.6. The second-order valence-electron chi connectivity index (χ2n) is 5.26. The van der Waals surface area contributed by atoms with Crippen molar-refractivity contribution in [1.29, 1.82) is 0 Å². The van der Waals surface area contributed by atoms with Crippen molar-refractivity contribution in [2.45, 2.75) is 38.6 Å². The van der Waals surface area contributed by atoms with Gasteiger partial charge in [0.1, 0.15) is 10.7 Å². The number of pyridine rings is 1. The zero-order valence-electron chi connectivity index (χ0n) is 11.8. The Morgan fingerprint density at radius 2 is 2.19 bits per heavy atom. The van der Waals surface area contributed by atoms with Crippen molar-refractivity contribution < 1.29 is 0 Å². The van der Waals surface area contributed by atoms with Crippen LogP contribution >= 0.6 is 43.2 Å². The van der Waals surface area contributed by atoms with Gasteiger partial charge in [-0.2, -0.15) is 0 Å². The third kappa shape index (κ3) is 3.73. The molecule has 1 saturated carbocycles. The molecule has 21 heavy (non-hydrogen) atoms. The van der Waals surface area contributed by atoms with Crippen LogP contribution in [0.5, 0.6) is 0 Å². The van der Waals surface area contributed by atoms with Gasteiger partial charge < -0.3 is 5.32 Å². The van der Waals surface area contributed by atoms with Gasteiger partial charge in [0.05, 0.1) is 5.69 Å². The lowest BCUT2D eigenvalue weighted by Gasteiger charge is -2.01. The lowest BCUT2D eigenvalue weighted by Crippen LogP contribution is -2.13. The Kier molecular flexibility index (Phi) is 5.09. The molecule has 0 radical (unpaired) electrons. The summed E-state index contributed by atoms with van der Waals surface area (Å²) in [5.41, 5.74) is 2.22. The fourth-order valence-electron chi connectivity index (χ4n) is 2.22. The highest BCUT2D eigenvalue weighted by atomic mass is 79.9. The quantitative estimate of drug-likeness (QED) is 0.647. The molecular weight excluding hydrogens is 414 g/mol. The minimum absolute atomic E-state index is 0.669. The number of aromatic nitrogens is 2. The predicted octanol–water partition coefficient (Wildman–Crippen LogP) is 5.11. The average molecular weight is 431 g/mol. The van der Waals surface area contributed by atoms with E-state index in [0.717, 1.165) is 39.2 Å². The van der Waals surface area contributed by atoms with Gasteiger partial charge in [0.2, 0.25) is 0 Å². The summed E-state index contributed by atoms with van der Waals surface area (Å²) in [6.45, 7) is 4.17. The van der Waals surface area contributed by atoms with Crippen LogP contribution in [0.15, 0.2) is 21.2 Å². The Hall–Kier alpha value is -0.300. The number of halogens is 2. The molecule has 0 aliphatic heterocycles. The Morgan fingerprint density at radius 3 is 2.86 bits per heavy atom. The lowest BCUT2D eigenvalue weighted by molar-refractivity contribution is 0.676. The zero-order chi connectivity index (χ0) is 14.8. The Balaban J connectivity index is 1.90. The van der Waals surface area contributed by atoms with Gasteiger partial charge >= 0.3 is 0 Å². The molecule has 0 spiro atoms. The summed E-state index contributed by atoms with van der Waals surface area (Å²) in [6, 6.07) is 2.02. The molecule has 1 aliphatic carbocycles. The van der Waals surface area contributed by atoms with Crippen LogP contribution in [-0.4, -0.2) is 16.5 Å². The summed E-state index contributed by atoms with van der Waals surface area (Å²) in [7, 11) is 0. The molecule has 0 atom stereocenters. The maximum absolute atomic E-state index is 4.88. The van der Waals surface area contributed by atoms with Crippen LogP contribution in [0.2, 0.25) is 0 Å². The maximum atomic E-state index is 4.88. The largest absolute Gasteiger partial charge is 0.312 e. The summed E-state index contributed by atoms with van der Waals surface area (Å²) in [5, 5.41) is 4.51. The van der Waals surface area contributed by atoms with Crippen molar-refractivity contribution in [3.8, 4) is 10.7 Å². The Labute approximate surface area is 145 Å². The summed E-state index contributed by atoms with van der Waals surface area (Å²) in [6.07, 6.45) is 5.54. The molecule has 0 aromatic carbocycles. The SMILES string of the molecule is CCCNCc1sc(-c2ncc(Br)cc2Br)nc1C1CC1. The standard InChI is InChI=1S/C15H17Br2N3S/c1-2-5-18-8-12-13(9-3-4-9)20-15(21-12)14-11(17)6-10(16)7-19-14/h6-7,9,18H,2-5,8H2,1H3. The Bertz CT molecular complexity index is 638. The van der Waals surface area contributed by atoms with Gasteiger partial charge in [-0.25, -0.2) is 4.98 Å². The molecule has 1 N–H and O–H groups in total. The number of nitrogens with zero attached hydrogens (tertiary/aromatic N) is 2. The van der Waals surface area contributed by atoms with Crippen LogP contribution < -0.4 is 5.32 Å². The topological polar surface area (TPSA) is 37.8 Å². The molecule has 0 bridgehead atoms. The summed E-state index contributed by atoms with van der Waals surface area (Å²) >= 11 is 8.81.